The van der Waals surface area contributed by atoms with Gasteiger partial charge < -0.3 is 15.2 Å². The molecule has 5 heteroatoms. The molecule has 1 atom stereocenters. The second-order valence-electron chi connectivity index (χ2n) is 8.38. The molecule has 1 saturated carbocycles. The first-order chi connectivity index (χ1) is 14.0. The number of amides is 1. The smallest absolute Gasteiger partial charge is 0.253 e. The van der Waals surface area contributed by atoms with Crippen molar-refractivity contribution in [3.05, 3.63) is 63.9 Å². The van der Waals surface area contributed by atoms with Crippen LogP contribution in [-0.4, -0.2) is 36.4 Å². The van der Waals surface area contributed by atoms with Gasteiger partial charge in [0.25, 0.3) is 5.91 Å². The molecule has 1 fully saturated rings. The van der Waals surface area contributed by atoms with Crippen LogP contribution in [0.2, 0.25) is 0 Å². The fraction of sp³-hybridized carbons (Fsp3) is 0.500. The highest BCUT2D eigenvalue weighted by atomic mass is 32.1. The van der Waals surface area contributed by atoms with Gasteiger partial charge in [0, 0.05) is 18.3 Å². The van der Waals surface area contributed by atoms with E-state index in [0.29, 0.717) is 28.1 Å². The van der Waals surface area contributed by atoms with Crippen LogP contribution in [0.5, 0.6) is 0 Å². The summed E-state index contributed by atoms with van der Waals surface area (Å²) in [4.78, 5) is 18.1. The number of rotatable bonds is 7. The molecule has 1 aromatic heterocycles. The fourth-order valence-corrected chi connectivity index (χ4v) is 4.88. The summed E-state index contributed by atoms with van der Waals surface area (Å²) >= 11 is 5.17. The molecule has 1 aromatic carbocycles. The number of hydrogen-bond acceptors (Lipinski definition) is 3. The number of nitrogens with one attached hydrogen (secondary N) is 2. The second-order valence-corrected chi connectivity index (χ2v) is 8.82. The number of aromatic amines is 1. The monoisotopic (exact) mass is 411 g/mol. The summed E-state index contributed by atoms with van der Waals surface area (Å²) in [6.45, 7) is 2.79. The number of H-pyrrole nitrogens is 1. The summed E-state index contributed by atoms with van der Waals surface area (Å²) in [6, 6.07) is 14.9. The van der Waals surface area contributed by atoms with Gasteiger partial charge in [0.05, 0.1) is 5.56 Å². The van der Waals surface area contributed by atoms with Crippen LogP contribution in [0, 0.1) is 16.5 Å². The highest BCUT2D eigenvalue weighted by Crippen LogP contribution is 2.39. The largest absolute Gasteiger partial charge is 0.352 e. The van der Waals surface area contributed by atoms with Gasteiger partial charge in [-0.25, -0.2) is 0 Å². The summed E-state index contributed by atoms with van der Waals surface area (Å²) in [5, 5.41) is 3.16. The van der Waals surface area contributed by atoms with E-state index in [0.717, 1.165) is 18.7 Å². The Bertz CT molecular complexity index is 854. The first-order valence-electron chi connectivity index (χ1n) is 10.7. The molecule has 156 valence electrons. The zero-order valence-corrected chi connectivity index (χ0v) is 18.6. The molecule has 0 aliphatic heterocycles. The van der Waals surface area contributed by atoms with Gasteiger partial charge in [0.1, 0.15) is 4.64 Å². The Morgan fingerprint density at radius 3 is 2.45 bits per heavy atom. The van der Waals surface area contributed by atoms with E-state index >= 15 is 0 Å². The first kappa shape index (κ1) is 21.7. The minimum atomic E-state index is 0.00526. The summed E-state index contributed by atoms with van der Waals surface area (Å²) in [5.41, 5.74) is 3.03. The molecule has 1 heterocycles. The van der Waals surface area contributed by atoms with Crippen LogP contribution in [0.3, 0.4) is 0 Å². The van der Waals surface area contributed by atoms with Gasteiger partial charge in [-0.05, 0) is 75.7 Å². The molecule has 2 aromatic rings. The van der Waals surface area contributed by atoms with Gasteiger partial charge in [-0.1, -0.05) is 49.5 Å². The highest BCUT2D eigenvalue weighted by Gasteiger charge is 2.30. The molecule has 2 N–H and O–H groups in total. The standard InChI is InChI=1S/C24H33N3OS/c1-4-21-20(14-15-22(29)26-21)24(28)25-16-17-10-12-19(13-11-17)23(27(2)3)18-8-6-5-7-9-18/h5-9,14-15,17,19,23H,4,10-13,16H2,1-3H3,(H,25,28)(H,26,29). The molecule has 1 aliphatic rings. The Kier molecular flexibility index (Phi) is 7.62. The Balaban J connectivity index is 1.55. The molecule has 3 rings (SSSR count). The van der Waals surface area contributed by atoms with Gasteiger partial charge in [-0.15, -0.1) is 0 Å². The van der Waals surface area contributed by atoms with Crippen LogP contribution in [0.1, 0.15) is 60.3 Å². The van der Waals surface area contributed by atoms with E-state index in [4.69, 9.17) is 12.2 Å². The molecule has 0 spiro atoms. The van der Waals surface area contributed by atoms with Crippen molar-refractivity contribution >= 4 is 18.1 Å². The Hall–Kier alpha value is -1.98. The molecule has 0 bridgehead atoms. The quantitative estimate of drug-likeness (QED) is 0.620. The van der Waals surface area contributed by atoms with Crippen molar-refractivity contribution in [1.29, 1.82) is 0 Å². The first-order valence-corrected chi connectivity index (χ1v) is 11.1. The Morgan fingerprint density at radius 2 is 1.83 bits per heavy atom. The normalized spacial score (nSPS) is 20.4. The van der Waals surface area contributed by atoms with Crippen LogP contribution < -0.4 is 5.32 Å². The topological polar surface area (TPSA) is 48.1 Å². The zero-order valence-electron chi connectivity index (χ0n) is 17.8. The fourth-order valence-electron chi connectivity index (χ4n) is 4.69. The third kappa shape index (κ3) is 5.55. The number of aromatic nitrogens is 1. The zero-order chi connectivity index (χ0) is 20.8. The van der Waals surface area contributed by atoms with Gasteiger partial charge >= 0.3 is 0 Å². The molecule has 1 aliphatic carbocycles. The van der Waals surface area contributed by atoms with Crippen LogP contribution >= 0.6 is 12.2 Å². The molecular formula is C24H33N3OS. The predicted molar refractivity (Wildman–Crippen MR) is 122 cm³/mol. The van der Waals surface area contributed by atoms with E-state index in [2.05, 4.69) is 59.6 Å². The van der Waals surface area contributed by atoms with Crippen molar-refractivity contribution in [2.24, 2.45) is 11.8 Å². The molecule has 29 heavy (non-hydrogen) atoms. The highest BCUT2D eigenvalue weighted by molar-refractivity contribution is 7.71. The maximum atomic E-state index is 12.7. The van der Waals surface area contributed by atoms with E-state index in [1.54, 1.807) is 6.07 Å². The summed E-state index contributed by atoms with van der Waals surface area (Å²) in [6.07, 6.45) is 5.51. The summed E-state index contributed by atoms with van der Waals surface area (Å²) in [7, 11) is 4.36. The van der Waals surface area contributed by atoms with Crippen molar-refractivity contribution in [3.63, 3.8) is 0 Å². The minimum absolute atomic E-state index is 0.00526. The van der Waals surface area contributed by atoms with E-state index in [1.807, 2.05) is 13.0 Å². The molecular weight excluding hydrogens is 378 g/mol. The predicted octanol–water partition coefficient (Wildman–Crippen LogP) is 5.15. The van der Waals surface area contributed by atoms with E-state index in [1.165, 1.54) is 31.2 Å². The minimum Gasteiger partial charge on any atom is -0.352 e. The summed E-state index contributed by atoms with van der Waals surface area (Å²) < 4.78 is 0.672. The average Bonchev–Trinajstić information content (AvgIpc) is 2.73. The van der Waals surface area contributed by atoms with Crippen molar-refractivity contribution in [1.82, 2.24) is 15.2 Å². The molecule has 1 amide bonds. The SMILES string of the molecule is CCc1[nH]c(=S)ccc1C(=O)NCC1CCC(C(c2ccccc2)N(C)C)CC1. The van der Waals surface area contributed by atoms with Crippen molar-refractivity contribution in [3.8, 4) is 0 Å². The third-order valence-electron chi connectivity index (χ3n) is 6.19. The number of aryl methyl sites for hydroxylation is 1. The number of hydrogen-bond donors (Lipinski definition) is 2. The van der Waals surface area contributed by atoms with Crippen molar-refractivity contribution in [2.45, 2.75) is 45.1 Å². The molecule has 4 nitrogen and oxygen atoms in total. The lowest BCUT2D eigenvalue weighted by Crippen LogP contribution is -2.34. The van der Waals surface area contributed by atoms with E-state index in [9.17, 15) is 4.79 Å². The molecule has 1 unspecified atom stereocenters. The number of benzene rings is 1. The lowest BCUT2D eigenvalue weighted by atomic mass is 9.76. The second kappa shape index (κ2) is 10.2. The van der Waals surface area contributed by atoms with Crippen LogP contribution in [-0.2, 0) is 6.42 Å². The lowest BCUT2D eigenvalue weighted by molar-refractivity contribution is 0.0933. The van der Waals surface area contributed by atoms with Gasteiger partial charge in [-0.2, -0.15) is 0 Å². The van der Waals surface area contributed by atoms with Crippen LogP contribution in [0.4, 0.5) is 0 Å². The Labute approximate surface area is 179 Å². The number of nitrogens with zero attached hydrogens (tertiary/aromatic N) is 1. The number of pyridine rings is 1. The number of carbonyl (C=O) groups excluding carboxylic acids is 1. The third-order valence-corrected chi connectivity index (χ3v) is 6.42. The van der Waals surface area contributed by atoms with Gasteiger partial charge in [0.15, 0.2) is 0 Å². The lowest BCUT2D eigenvalue weighted by Gasteiger charge is -2.37. The maximum absolute atomic E-state index is 12.7. The maximum Gasteiger partial charge on any atom is 0.253 e. The average molecular weight is 412 g/mol. The molecule has 0 radical (unpaired) electrons. The van der Waals surface area contributed by atoms with Crippen LogP contribution in [0.25, 0.3) is 0 Å². The Morgan fingerprint density at radius 1 is 1.14 bits per heavy atom. The van der Waals surface area contributed by atoms with Crippen molar-refractivity contribution in [2.75, 3.05) is 20.6 Å². The van der Waals surface area contributed by atoms with E-state index in [-0.39, 0.29) is 5.91 Å². The van der Waals surface area contributed by atoms with Gasteiger partial charge in [0.2, 0.25) is 0 Å². The number of carbonyl (C=O) groups is 1. The van der Waals surface area contributed by atoms with Gasteiger partial charge in [-0.3, -0.25) is 4.79 Å². The van der Waals surface area contributed by atoms with Crippen LogP contribution in [0.15, 0.2) is 42.5 Å². The molecule has 0 saturated heterocycles. The summed E-state index contributed by atoms with van der Waals surface area (Å²) in [5.74, 6) is 1.23. The van der Waals surface area contributed by atoms with Crippen molar-refractivity contribution < 1.29 is 4.79 Å². The van der Waals surface area contributed by atoms with E-state index < -0.39 is 0 Å².